The number of fused-ring (bicyclic) bond motifs is 1. The van der Waals surface area contributed by atoms with E-state index in [0.717, 1.165) is 31.6 Å². The van der Waals surface area contributed by atoms with Gasteiger partial charge in [0.25, 0.3) is 0 Å². The lowest BCUT2D eigenvalue weighted by Gasteiger charge is -2.32. The number of nitrogens with one attached hydrogen (secondary N) is 2. The number of Topliss-reactive ketones (excluding diaryl/α,β-unsaturated/α-hetero) is 1. The number of piperidine rings is 1. The van der Waals surface area contributed by atoms with E-state index in [-0.39, 0.29) is 24.1 Å². The van der Waals surface area contributed by atoms with Crippen molar-refractivity contribution < 1.29 is 27.1 Å². The quantitative estimate of drug-likeness (QED) is 0.185. The zero-order valence-corrected chi connectivity index (χ0v) is 23.4. The van der Waals surface area contributed by atoms with Gasteiger partial charge in [-0.3, -0.25) is 9.69 Å². The smallest absolute Gasteiger partial charge is 0.406 e. The molecule has 0 saturated carbocycles. The number of likely N-dealkylation sites (tertiary alicyclic amines) is 1. The highest BCUT2D eigenvalue weighted by molar-refractivity contribution is 7.98. The third-order valence-corrected chi connectivity index (χ3v) is 7.49. The molecule has 11 heteroatoms. The molecule has 1 aliphatic heterocycles. The van der Waals surface area contributed by atoms with Crippen LogP contribution >= 0.6 is 11.8 Å². The summed E-state index contributed by atoms with van der Waals surface area (Å²) >= 11 is 1.26. The minimum atomic E-state index is -4.43. The van der Waals surface area contributed by atoms with Crippen molar-refractivity contribution in [2.45, 2.75) is 43.4 Å². The maximum atomic E-state index is 14.3. The Morgan fingerprint density at radius 2 is 1.93 bits per heavy atom. The van der Waals surface area contributed by atoms with E-state index in [1.807, 2.05) is 6.07 Å². The molecule has 40 heavy (non-hydrogen) atoms. The lowest BCUT2D eigenvalue weighted by atomic mass is 10.0. The third kappa shape index (κ3) is 7.43. The van der Waals surface area contributed by atoms with E-state index in [1.54, 1.807) is 37.4 Å². The zero-order valence-electron chi connectivity index (χ0n) is 22.6. The number of halogens is 4. The van der Waals surface area contributed by atoms with Gasteiger partial charge in [0.1, 0.15) is 23.9 Å². The van der Waals surface area contributed by atoms with Crippen molar-refractivity contribution in [3.63, 3.8) is 0 Å². The fourth-order valence-electron chi connectivity index (χ4n) is 4.91. The van der Waals surface area contributed by atoms with Crippen LogP contribution in [0.1, 0.15) is 25.5 Å². The third-order valence-electron chi connectivity index (χ3n) is 6.73. The molecule has 0 bridgehead atoms. The average molecular weight is 577 g/mol. The zero-order chi connectivity index (χ0) is 28.9. The summed E-state index contributed by atoms with van der Waals surface area (Å²) in [6.45, 7) is 2.47. The lowest BCUT2D eigenvalue weighted by Crippen LogP contribution is -2.41. The Labute approximate surface area is 235 Å². The first-order chi connectivity index (χ1) is 19.1. The average Bonchev–Trinajstić information content (AvgIpc) is 3.24. The number of carbonyl (C=O) groups excluding carboxylic acids is 1. The van der Waals surface area contributed by atoms with Crippen molar-refractivity contribution in [2.75, 3.05) is 50.2 Å². The largest absolute Gasteiger partial charge is 0.495 e. The molecule has 4 rings (SSSR count). The van der Waals surface area contributed by atoms with Gasteiger partial charge in [0.05, 0.1) is 37.1 Å². The second-order valence-electron chi connectivity index (χ2n) is 9.71. The molecule has 0 unspecified atom stereocenters. The van der Waals surface area contributed by atoms with Gasteiger partial charge in [-0.25, -0.2) is 4.39 Å². The Balaban J connectivity index is 1.56. The van der Waals surface area contributed by atoms with Gasteiger partial charge in [0.15, 0.2) is 0 Å². The first-order valence-electron chi connectivity index (χ1n) is 12.9. The van der Waals surface area contributed by atoms with Crippen molar-refractivity contribution in [1.82, 2.24) is 9.47 Å². The summed E-state index contributed by atoms with van der Waals surface area (Å²) in [6.07, 6.45) is -1.02. The van der Waals surface area contributed by atoms with Gasteiger partial charge >= 0.3 is 6.18 Å². The molecule has 3 aromatic rings. The number of carbonyl (C=O) groups is 1. The van der Waals surface area contributed by atoms with Crippen LogP contribution in [0.3, 0.4) is 0 Å². The molecule has 2 N–H and O–H groups in total. The van der Waals surface area contributed by atoms with Gasteiger partial charge in [0.2, 0.25) is 0 Å². The van der Waals surface area contributed by atoms with E-state index in [2.05, 4.69) is 27.4 Å². The fourth-order valence-corrected chi connectivity index (χ4v) is 5.38. The molecular formula is C29H32F4N4O2S. The SMILES string of the molecule is COc1cc(SC)c(F)cc1NCC#Cc1cc2c(NC3CCN(CC(C)=O)CC3)cccc2n1CC(F)(F)F. The lowest BCUT2D eigenvalue weighted by molar-refractivity contribution is -0.140. The number of hydrogen-bond acceptors (Lipinski definition) is 6. The molecule has 1 saturated heterocycles. The highest BCUT2D eigenvalue weighted by atomic mass is 32.2. The molecule has 6 nitrogen and oxygen atoms in total. The number of ether oxygens (including phenoxy) is 1. The van der Waals surface area contributed by atoms with Crippen LogP contribution in [0, 0.1) is 17.7 Å². The number of methoxy groups -OCH3 is 1. The second-order valence-corrected chi connectivity index (χ2v) is 10.6. The van der Waals surface area contributed by atoms with Gasteiger partial charge in [-0.2, -0.15) is 13.2 Å². The predicted molar refractivity (Wildman–Crippen MR) is 152 cm³/mol. The number of rotatable bonds is 9. The number of aromatic nitrogens is 1. The highest BCUT2D eigenvalue weighted by Crippen LogP contribution is 2.33. The Morgan fingerprint density at radius 1 is 1.18 bits per heavy atom. The van der Waals surface area contributed by atoms with Crippen LogP contribution < -0.4 is 15.4 Å². The molecule has 0 aliphatic carbocycles. The van der Waals surface area contributed by atoms with Crippen molar-refractivity contribution in [3.05, 3.63) is 47.9 Å². The molecule has 0 amide bonds. The van der Waals surface area contributed by atoms with Crippen LogP contribution in [-0.4, -0.2) is 67.0 Å². The van der Waals surface area contributed by atoms with Crippen LogP contribution in [0.4, 0.5) is 28.9 Å². The number of nitrogens with zero attached hydrogens (tertiary/aromatic N) is 2. The van der Waals surface area contributed by atoms with Crippen LogP contribution in [-0.2, 0) is 11.3 Å². The fraction of sp³-hybridized carbons (Fsp3) is 0.414. The van der Waals surface area contributed by atoms with E-state index in [1.165, 1.54) is 29.5 Å². The Bertz CT molecular complexity index is 1420. The second kappa shape index (κ2) is 12.9. The Kier molecular flexibility index (Phi) is 9.53. The number of ketones is 1. The molecule has 1 aromatic heterocycles. The Hall–Kier alpha value is -3.36. The van der Waals surface area contributed by atoms with E-state index >= 15 is 0 Å². The van der Waals surface area contributed by atoms with Crippen molar-refractivity contribution in [3.8, 4) is 17.6 Å². The molecule has 0 radical (unpaired) electrons. The molecule has 214 valence electrons. The van der Waals surface area contributed by atoms with E-state index in [0.29, 0.717) is 33.8 Å². The Morgan fingerprint density at radius 3 is 2.58 bits per heavy atom. The van der Waals surface area contributed by atoms with E-state index in [9.17, 15) is 22.4 Å². The summed E-state index contributed by atoms with van der Waals surface area (Å²) in [7, 11) is 1.48. The van der Waals surface area contributed by atoms with Crippen molar-refractivity contribution in [2.24, 2.45) is 0 Å². The van der Waals surface area contributed by atoms with Gasteiger partial charge in [-0.15, -0.1) is 11.8 Å². The van der Waals surface area contributed by atoms with Gasteiger partial charge in [0, 0.05) is 41.2 Å². The molecule has 0 spiro atoms. The molecular weight excluding hydrogens is 544 g/mol. The van der Waals surface area contributed by atoms with Crippen molar-refractivity contribution >= 4 is 39.8 Å². The summed E-state index contributed by atoms with van der Waals surface area (Å²) in [5, 5.41) is 7.15. The van der Waals surface area contributed by atoms with E-state index < -0.39 is 18.5 Å². The maximum Gasteiger partial charge on any atom is 0.406 e. The number of thioether (sulfide) groups is 1. The number of alkyl halides is 3. The topological polar surface area (TPSA) is 58.5 Å². The van der Waals surface area contributed by atoms with Gasteiger partial charge < -0.3 is 19.9 Å². The molecule has 2 aromatic carbocycles. The first kappa shape index (κ1) is 29.6. The molecule has 1 fully saturated rings. The minimum Gasteiger partial charge on any atom is -0.495 e. The van der Waals surface area contributed by atoms with Gasteiger partial charge in [-0.05, 0) is 56.2 Å². The first-order valence-corrected chi connectivity index (χ1v) is 14.1. The molecule has 2 heterocycles. The summed E-state index contributed by atoms with van der Waals surface area (Å²) in [5.41, 5.74) is 1.82. The summed E-state index contributed by atoms with van der Waals surface area (Å²) in [5.74, 6) is 5.91. The molecule has 1 aliphatic rings. The minimum absolute atomic E-state index is 0.0753. The highest BCUT2D eigenvalue weighted by Gasteiger charge is 2.30. The van der Waals surface area contributed by atoms with Crippen LogP contribution in [0.25, 0.3) is 10.9 Å². The summed E-state index contributed by atoms with van der Waals surface area (Å²) in [4.78, 5) is 14.0. The van der Waals surface area contributed by atoms with Crippen molar-refractivity contribution in [1.29, 1.82) is 0 Å². The van der Waals surface area contributed by atoms with Crippen LogP contribution in [0.15, 0.2) is 41.3 Å². The predicted octanol–water partition coefficient (Wildman–Crippen LogP) is 6.00. The number of anilines is 2. The van der Waals surface area contributed by atoms with Crippen LogP contribution in [0.2, 0.25) is 0 Å². The maximum absolute atomic E-state index is 14.3. The number of benzene rings is 2. The van der Waals surface area contributed by atoms with Crippen LogP contribution in [0.5, 0.6) is 5.75 Å². The van der Waals surface area contributed by atoms with E-state index in [4.69, 9.17) is 4.74 Å². The van der Waals surface area contributed by atoms with Gasteiger partial charge in [-0.1, -0.05) is 12.0 Å². The summed E-state index contributed by atoms with van der Waals surface area (Å²) < 4.78 is 61.4. The standard InChI is InChI=1S/C29H32F4N4O2S/c1-19(38)17-36-12-9-20(10-13-36)35-24-7-4-8-26-22(24)14-21(37(26)18-29(31,32)33)6-5-11-34-25-15-23(30)28(40-3)16-27(25)39-2/h4,7-8,14-16,20,34-35H,9-13,17-18H2,1-3H3. The summed E-state index contributed by atoms with van der Waals surface area (Å²) in [6, 6.07) is 9.97. The monoisotopic (exact) mass is 576 g/mol. The normalized spacial score (nSPS) is 14.6. The molecule has 0 atom stereocenters. The number of hydrogen-bond donors (Lipinski definition) is 2.